The van der Waals surface area contributed by atoms with E-state index >= 15 is 0 Å². The number of nitrogens with two attached hydrogens (primary N) is 1. The van der Waals surface area contributed by atoms with Crippen LogP contribution in [0, 0.1) is 0 Å². The number of halogens is 2. The predicted molar refractivity (Wildman–Crippen MR) is 82.2 cm³/mol. The first kappa shape index (κ1) is 19.1. The fourth-order valence-corrected chi connectivity index (χ4v) is 2.18. The summed E-state index contributed by atoms with van der Waals surface area (Å²) in [6.45, 7) is 1.20. The molecule has 0 bridgehead atoms. The molecule has 114 valence electrons. The molecule has 1 aliphatic heterocycles. The number of aromatic nitrogens is 1. The van der Waals surface area contributed by atoms with Crippen molar-refractivity contribution in [3.8, 4) is 0 Å². The molecule has 1 unspecified atom stereocenters. The van der Waals surface area contributed by atoms with Crippen molar-refractivity contribution in [2.24, 2.45) is 5.73 Å². The molecular weight excluding hydrogens is 301 g/mol. The smallest absolute Gasteiger partial charge is 0.239 e. The molecule has 7 heteroatoms. The van der Waals surface area contributed by atoms with Crippen LogP contribution in [0.2, 0.25) is 0 Å². The van der Waals surface area contributed by atoms with Gasteiger partial charge in [0.05, 0.1) is 12.1 Å². The number of carbonyl (C=O) groups excluding carboxylic acids is 1. The molecule has 1 amide bonds. The van der Waals surface area contributed by atoms with Crippen LogP contribution < -0.4 is 5.73 Å². The monoisotopic (exact) mass is 321 g/mol. The number of piperidine rings is 1. The van der Waals surface area contributed by atoms with Crippen molar-refractivity contribution in [1.82, 2.24) is 9.88 Å². The minimum absolute atomic E-state index is 0. The first-order valence-corrected chi connectivity index (χ1v) is 6.28. The average Bonchev–Trinajstić information content (AvgIpc) is 2.40. The Bertz CT molecular complexity index is 398. The maximum Gasteiger partial charge on any atom is 0.239 e. The summed E-state index contributed by atoms with van der Waals surface area (Å²) < 4.78 is 0. The number of likely N-dealkylation sites (tertiary alicyclic amines) is 1. The minimum Gasteiger partial charge on any atom is -0.393 e. The topological polar surface area (TPSA) is 79.5 Å². The van der Waals surface area contributed by atoms with Gasteiger partial charge in [-0.05, 0) is 30.9 Å². The van der Waals surface area contributed by atoms with E-state index in [9.17, 15) is 9.90 Å². The predicted octanol–water partition coefficient (Wildman–Crippen LogP) is 0.778. The second kappa shape index (κ2) is 9.13. The van der Waals surface area contributed by atoms with Crippen molar-refractivity contribution >= 4 is 30.7 Å². The highest BCUT2D eigenvalue weighted by atomic mass is 35.5. The van der Waals surface area contributed by atoms with Gasteiger partial charge < -0.3 is 15.7 Å². The van der Waals surface area contributed by atoms with Gasteiger partial charge >= 0.3 is 0 Å². The van der Waals surface area contributed by atoms with Gasteiger partial charge in [0.15, 0.2) is 0 Å². The normalized spacial score (nSPS) is 16.8. The molecule has 20 heavy (non-hydrogen) atoms. The molecule has 3 N–H and O–H groups in total. The highest BCUT2D eigenvalue weighted by Crippen LogP contribution is 2.12. The Morgan fingerprint density at radius 2 is 2.10 bits per heavy atom. The van der Waals surface area contributed by atoms with Crippen LogP contribution in [-0.4, -0.2) is 46.1 Å². The van der Waals surface area contributed by atoms with Crippen molar-refractivity contribution in [2.75, 3.05) is 13.1 Å². The van der Waals surface area contributed by atoms with Gasteiger partial charge in [-0.15, -0.1) is 24.8 Å². The van der Waals surface area contributed by atoms with E-state index in [1.165, 1.54) is 0 Å². The van der Waals surface area contributed by atoms with Crippen molar-refractivity contribution < 1.29 is 9.90 Å². The Morgan fingerprint density at radius 1 is 1.45 bits per heavy atom. The Kier molecular flexibility index (Phi) is 8.73. The van der Waals surface area contributed by atoms with Crippen molar-refractivity contribution in [2.45, 2.75) is 31.4 Å². The fraction of sp³-hybridized carbons (Fsp3) is 0.538. The molecule has 5 nitrogen and oxygen atoms in total. The summed E-state index contributed by atoms with van der Waals surface area (Å²) in [6, 6.07) is 3.23. The van der Waals surface area contributed by atoms with Crippen LogP contribution in [0.3, 0.4) is 0 Å². The van der Waals surface area contributed by atoms with E-state index in [1.807, 2.05) is 12.1 Å². The zero-order valence-corrected chi connectivity index (χ0v) is 12.8. The lowest BCUT2D eigenvalue weighted by Crippen LogP contribution is -2.48. The lowest BCUT2D eigenvalue weighted by atomic mass is 10.0. The quantitative estimate of drug-likeness (QED) is 0.862. The number of rotatable bonds is 3. The molecule has 0 radical (unpaired) electrons. The fourth-order valence-electron chi connectivity index (χ4n) is 2.18. The van der Waals surface area contributed by atoms with Crippen LogP contribution in [0.25, 0.3) is 0 Å². The Hall–Kier alpha value is -0.880. The van der Waals surface area contributed by atoms with Crippen LogP contribution in [0.1, 0.15) is 18.4 Å². The third-order valence-electron chi connectivity index (χ3n) is 3.27. The molecule has 1 aromatic heterocycles. The standard InChI is InChI=1S/C13H19N3O2.2ClH/c14-12(8-10-2-1-5-15-9-10)13(18)16-6-3-11(17)4-7-16;;/h1-2,5,9,11-12,17H,3-4,6-8,14H2;2*1H. The highest BCUT2D eigenvalue weighted by molar-refractivity contribution is 5.85. The first-order valence-electron chi connectivity index (χ1n) is 6.28. The van der Waals surface area contributed by atoms with Crippen LogP contribution >= 0.6 is 24.8 Å². The van der Waals surface area contributed by atoms with Gasteiger partial charge in [0.25, 0.3) is 0 Å². The number of amides is 1. The van der Waals surface area contributed by atoms with Crippen LogP contribution in [0.5, 0.6) is 0 Å². The van der Waals surface area contributed by atoms with E-state index < -0.39 is 6.04 Å². The number of aliphatic hydroxyl groups excluding tert-OH is 1. The third kappa shape index (κ3) is 5.25. The average molecular weight is 322 g/mol. The van der Waals surface area contributed by atoms with E-state index in [2.05, 4.69) is 4.98 Å². The van der Waals surface area contributed by atoms with Gasteiger partial charge in [-0.1, -0.05) is 6.07 Å². The molecule has 0 saturated carbocycles. The van der Waals surface area contributed by atoms with E-state index in [4.69, 9.17) is 5.73 Å². The van der Waals surface area contributed by atoms with Gasteiger partial charge in [0, 0.05) is 25.5 Å². The summed E-state index contributed by atoms with van der Waals surface area (Å²) in [4.78, 5) is 17.9. The Balaban J connectivity index is 0.00000180. The van der Waals surface area contributed by atoms with Gasteiger partial charge in [0.1, 0.15) is 0 Å². The van der Waals surface area contributed by atoms with E-state index in [0.29, 0.717) is 32.4 Å². The van der Waals surface area contributed by atoms with Crippen LogP contribution in [-0.2, 0) is 11.2 Å². The summed E-state index contributed by atoms with van der Waals surface area (Å²) in [7, 11) is 0. The third-order valence-corrected chi connectivity index (χ3v) is 3.27. The number of aliphatic hydroxyl groups is 1. The molecule has 1 fully saturated rings. The number of hydrogen-bond acceptors (Lipinski definition) is 4. The number of carbonyl (C=O) groups is 1. The second-order valence-corrected chi connectivity index (χ2v) is 4.73. The second-order valence-electron chi connectivity index (χ2n) is 4.73. The lowest BCUT2D eigenvalue weighted by Gasteiger charge is -2.31. The summed E-state index contributed by atoms with van der Waals surface area (Å²) >= 11 is 0. The summed E-state index contributed by atoms with van der Waals surface area (Å²) in [6.07, 6.45) is 4.95. The minimum atomic E-state index is -0.524. The molecule has 0 aromatic carbocycles. The highest BCUT2D eigenvalue weighted by Gasteiger charge is 2.25. The molecule has 2 rings (SSSR count). The zero-order valence-electron chi connectivity index (χ0n) is 11.1. The molecular formula is C13H21Cl2N3O2. The van der Waals surface area contributed by atoms with E-state index in [0.717, 1.165) is 5.56 Å². The number of nitrogens with zero attached hydrogens (tertiary/aromatic N) is 2. The summed E-state index contributed by atoms with van der Waals surface area (Å²) in [5, 5.41) is 9.41. The Labute approximate surface area is 131 Å². The number of pyridine rings is 1. The first-order chi connectivity index (χ1) is 8.66. The molecule has 1 saturated heterocycles. The zero-order chi connectivity index (χ0) is 13.0. The van der Waals surface area contributed by atoms with E-state index in [1.54, 1.807) is 17.3 Å². The van der Waals surface area contributed by atoms with Crippen LogP contribution in [0.15, 0.2) is 24.5 Å². The van der Waals surface area contributed by atoms with Gasteiger partial charge in [0.2, 0.25) is 5.91 Å². The largest absolute Gasteiger partial charge is 0.393 e. The van der Waals surface area contributed by atoms with Gasteiger partial charge in [-0.25, -0.2) is 0 Å². The lowest BCUT2D eigenvalue weighted by molar-refractivity contribution is -0.134. The van der Waals surface area contributed by atoms with Gasteiger partial charge in [-0.3, -0.25) is 9.78 Å². The molecule has 2 heterocycles. The molecule has 1 aromatic rings. The molecule has 1 aliphatic rings. The maximum absolute atomic E-state index is 12.1. The van der Waals surface area contributed by atoms with Crippen molar-refractivity contribution in [1.29, 1.82) is 0 Å². The molecule has 1 atom stereocenters. The van der Waals surface area contributed by atoms with Crippen LogP contribution in [0.4, 0.5) is 0 Å². The molecule has 0 spiro atoms. The number of hydrogen-bond donors (Lipinski definition) is 2. The van der Waals surface area contributed by atoms with Gasteiger partial charge in [-0.2, -0.15) is 0 Å². The summed E-state index contributed by atoms with van der Waals surface area (Å²) in [5.74, 6) is -0.0363. The SMILES string of the molecule is Cl.Cl.NC(Cc1cccnc1)C(=O)N1CCC(O)CC1. The Morgan fingerprint density at radius 3 is 2.65 bits per heavy atom. The van der Waals surface area contributed by atoms with Crippen molar-refractivity contribution in [3.05, 3.63) is 30.1 Å². The summed E-state index contributed by atoms with van der Waals surface area (Å²) in [5.41, 5.74) is 6.90. The van der Waals surface area contributed by atoms with Crippen molar-refractivity contribution in [3.63, 3.8) is 0 Å². The maximum atomic E-state index is 12.1. The molecule has 0 aliphatic carbocycles. The van der Waals surface area contributed by atoms with E-state index in [-0.39, 0.29) is 36.8 Å².